The molecule has 0 radical (unpaired) electrons. The van der Waals surface area contributed by atoms with Crippen LogP contribution in [-0.4, -0.2) is 37.7 Å². The van der Waals surface area contributed by atoms with Gasteiger partial charge in [0.25, 0.3) is 5.91 Å². The number of methoxy groups -OCH3 is 1. The van der Waals surface area contributed by atoms with Crippen LogP contribution in [0.25, 0.3) is 0 Å². The maximum Gasteiger partial charge on any atom is 0.264 e. The van der Waals surface area contributed by atoms with E-state index in [2.05, 4.69) is 0 Å². The first-order valence-electron chi connectivity index (χ1n) is 9.05. The van der Waals surface area contributed by atoms with Crippen molar-refractivity contribution in [3.63, 3.8) is 0 Å². The molecule has 6 heteroatoms. The van der Waals surface area contributed by atoms with Crippen LogP contribution in [0.3, 0.4) is 0 Å². The van der Waals surface area contributed by atoms with Gasteiger partial charge >= 0.3 is 0 Å². The van der Waals surface area contributed by atoms with Gasteiger partial charge in [0.15, 0.2) is 11.5 Å². The Kier molecular flexibility index (Phi) is 5.13. The molecule has 2 aliphatic rings. The zero-order valence-corrected chi connectivity index (χ0v) is 15.7. The van der Waals surface area contributed by atoms with Gasteiger partial charge in [-0.3, -0.25) is 4.79 Å². The van der Waals surface area contributed by atoms with Gasteiger partial charge in [-0.2, -0.15) is 0 Å². The van der Waals surface area contributed by atoms with Crippen molar-refractivity contribution < 1.29 is 19.0 Å². The van der Waals surface area contributed by atoms with Gasteiger partial charge in [0.2, 0.25) is 0 Å². The van der Waals surface area contributed by atoms with Crippen molar-refractivity contribution in [2.24, 2.45) is 0 Å². The minimum absolute atomic E-state index is 0.0786. The summed E-state index contributed by atoms with van der Waals surface area (Å²) in [6, 6.07) is 9.80. The lowest BCUT2D eigenvalue weighted by molar-refractivity contribution is 0.0726. The number of amides is 1. The zero-order valence-electron chi connectivity index (χ0n) is 14.9. The lowest BCUT2D eigenvalue weighted by Crippen LogP contribution is -2.33. The minimum Gasteiger partial charge on any atom is -0.493 e. The number of hydrogen-bond donors (Lipinski definition) is 0. The summed E-state index contributed by atoms with van der Waals surface area (Å²) < 4.78 is 17.0. The molecule has 5 nitrogen and oxygen atoms in total. The second-order valence-electron chi connectivity index (χ2n) is 6.58. The zero-order chi connectivity index (χ0) is 17.9. The molecule has 2 aromatic rings. The highest BCUT2D eigenvalue weighted by Gasteiger charge is 2.25. The molecule has 1 aromatic heterocycles. The molecule has 1 fully saturated rings. The van der Waals surface area contributed by atoms with Crippen molar-refractivity contribution in [3.8, 4) is 11.5 Å². The molecule has 26 heavy (non-hydrogen) atoms. The highest BCUT2D eigenvalue weighted by molar-refractivity contribution is 7.14. The summed E-state index contributed by atoms with van der Waals surface area (Å²) in [5, 5.41) is 0. The van der Waals surface area contributed by atoms with E-state index in [-0.39, 0.29) is 12.0 Å². The first kappa shape index (κ1) is 17.4. The quantitative estimate of drug-likeness (QED) is 0.815. The first-order valence-corrected chi connectivity index (χ1v) is 9.87. The molecular formula is C20H23NO4S. The van der Waals surface area contributed by atoms with E-state index in [1.165, 1.54) is 0 Å². The fraction of sp³-hybridized carbons (Fsp3) is 0.450. The highest BCUT2D eigenvalue weighted by Crippen LogP contribution is 2.35. The maximum atomic E-state index is 13.1. The third kappa shape index (κ3) is 3.44. The number of carbonyl (C=O) groups is 1. The summed E-state index contributed by atoms with van der Waals surface area (Å²) in [5.41, 5.74) is 0.980. The molecule has 1 amide bonds. The number of nitrogens with zero attached hydrogens (tertiary/aromatic N) is 1. The first-order chi connectivity index (χ1) is 12.8. The molecule has 1 aromatic carbocycles. The van der Waals surface area contributed by atoms with Crippen LogP contribution in [0.15, 0.2) is 30.3 Å². The molecule has 4 rings (SSSR count). The summed E-state index contributed by atoms with van der Waals surface area (Å²) in [6.45, 7) is 2.60. The van der Waals surface area contributed by atoms with Gasteiger partial charge in [0, 0.05) is 30.1 Å². The van der Waals surface area contributed by atoms with E-state index >= 15 is 0 Å². The topological polar surface area (TPSA) is 48.0 Å². The van der Waals surface area contributed by atoms with E-state index in [4.69, 9.17) is 14.2 Å². The predicted octanol–water partition coefficient (Wildman–Crippen LogP) is 4.03. The van der Waals surface area contributed by atoms with Crippen LogP contribution < -0.4 is 9.47 Å². The molecule has 2 aliphatic heterocycles. The summed E-state index contributed by atoms with van der Waals surface area (Å²) in [4.78, 5) is 16.9. The number of hydrogen-bond acceptors (Lipinski definition) is 5. The third-order valence-corrected chi connectivity index (χ3v) is 6.00. The summed E-state index contributed by atoms with van der Waals surface area (Å²) in [5.74, 6) is 1.54. The van der Waals surface area contributed by atoms with Crippen LogP contribution in [0.2, 0.25) is 0 Å². The van der Waals surface area contributed by atoms with E-state index in [1.807, 2.05) is 35.2 Å². The highest BCUT2D eigenvalue weighted by atomic mass is 32.1. The smallest absolute Gasteiger partial charge is 0.264 e. The monoisotopic (exact) mass is 373 g/mol. The van der Waals surface area contributed by atoms with Gasteiger partial charge in [-0.1, -0.05) is 12.1 Å². The van der Waals surface area contributed by atoms with E-state index in [0.717, 1.165) is 46.9 Å². The molecule has 0 saturated carbocycles. The number of carbonyl (C=O) groups excluding carboxylic acids is 1. The number of ether oxygens (including phenoxy) is 3. The third-order valence-electron chi connectivity index (χ3n) is 4.83. The van der Waals surface area contributed by atoms with Gasteiger partial charge in [-0.15, -0.1) is 11.3 Å². The molecule has 138 valence electrons. The van der Waals surface area contributed by atoms with E-state index in [1.54, 1.807) is 18.4 Å². The number of para-hydroxylation sites is 1. The number of thiophene rings is 1. The molecule has 0 bridgehead atoms. The van der Waals surface area contributed by atoms with E-state index < -0.39 is 0 Å². The number of fused-ring (bicyclic) bond motifs is 1. The Hall–Kier alpha value is -2.05. The SMILES string of the molecule is COc1cccc2c1OCCCN(C(=O)c1ccc([C@H]3CCCO3)s1)C2. The Labute approximate surface area is 157 Å². The summed E-state index contributed by atoms with van der Waals surface area (Å²) in [6.07, 6.45) is 3.10. The van der Waals surface area contributed by atoms with Crippen LogP contribution >= 0.6 is 11.3 Å². The minimum atomic E-state index is 0.0786. The molecule has 0 aliphatic carbocycles. The number of benzene rings is 1. The fourth-order valence-corrected chi connectivity index (χ4v) is 4.56. The van der Waals surface area contributed by atoms with Gasteiger partial charge in [-0.05, 0) is 37.5 Å². The van der Waals surface area contributed by atoms with Crippen molar-refractivity contribution >= 4 is 17.2 Å². The normalized spacial score (nSPS) is 20.0. The Morgan fingerprint density at radius 1 is 1.23 bits per heavy atom. The molecule has 0 unspecified atom stereocenters. The molecule has 1 atom stereocenters. The molecule has 3 heterocycles. The largest absolute Gasteiger partial charge is 0.493 e. The van der Waals surface area contributed by atoms with E-state index in [9.17, 15) is 4.79 Å². The van der Waals surface area contributed by atoms with E-state index in [0.29, 0.717) is 25.4 Å². The van der Waals surface area contributed by atoms with Crippen molar-refractivity contribution in [2.45, 2.75) is 31.9 Å². The molecule has 1 saturated heterocycles. The van der Waals surface area contributed by atoms with Crippen LogP contribution in [0.5, 0.6) is 11.5 Å². The van der Waals surface area contributed by atoms with Crippen molar-refractivity contribution in [3.05, 3.63) is 45.6 Å². The van der Waals surface area contributed by atoms with Gasteiger partial charge < -0.3 is 19.1 Å². The Balaban J connectivity index is 1.55. The molecule has 0 N–H and O–H groups in total. The molecular weight excluding hydrogens is 350 g/mol. The predicted molar refractivity (Wildman–Crippen MR) is 100 cm³/mol. The Morgan fingerprint density at radius 2 is 2.15 bits per heavy atom. The number of rotatable bonds is 3. The van der Waals surface area contributed by atoms with Gasteiger partial charge in [-0.25, -0.2) is 0 Å². The average Bonchev–Trinajstić information content (AvgIpc) is 3.32. The van der Waals surface area contributed by atoms with Crippen molar-refractivity contribution in [1.82, 2.24) is 4.90 Å². The van der Waals surface area contributed by atoms with Gasteiger partial charge in [0.1, 0.15) is 0 Å². The second-order valence-corrected chi connectivity index (χ2v) is 7.70. The summed E-state index contributed by atoms with van der Waals surface area (Å²) in [7, 11) is 1.64. The van der Waals surface area contributed by atoms with Crippen LogP contribution in [0, 0.1) is 0 Å². The summed E-state index contributed by atoms with van der Waals surface area (Å²) >= 11 is 1.56. The Bertz CT molecular complexity index is 782. The Morgan fingerprint density at radius 3 is 2.96 bits per heavy atom. The van der Waals surface area contributed by atoms with Crippen LogP contribution in [0.4, 0.5) is 0 Å². The van der Waals surface area contributed by atoms with Gasteiger partial charge in [0.05, 0.1) is 24.7 Å². The van der Waals surface area contributed by atoms with Crippen LogP contribution in [0.1, 0.15) is 45.5 Å². The van der Waals surface area contributed by atoms with Crippen molar-refractivity contribution in [1.29, 1.82) is 0 Å². The van der Waals surface area contributed by atoms with Crippen LogP contribution in [-0.2, 0) is 11.3 Å². The maximum absolute atomic E-state index is 13.1. The standard InChI is InChI=1S/C20H23NO4S/c1-23-16-6-2-5-14-13-21(10-4-12-25-19(14)16)20(22)18-9-8-17(26-18)15-7-3-11-24-15/h2,5-6,8-9,15H,3-4,7,10-13H2,1H3/t15-/m1/s1. The lowest BCUT2D eigenvalue weighted by atomic mass is 10.1. The second kappa shape index (κ2) is 7.68. The fourth-order valence-electron chi connectivity index (χ4n) is 3.50. The average molecular weight is 373 g/mol. The van der Waals surface area contributed by atoms with Crippen molar-refractivity contribution in [2.75, 3.05) is 26.9 Å². The molecule has 0 spiro atoms. The lowest BCUT2D eigenvalue weighted by Gasteiger charge is -2.27.